The van der Waals surface area contributed by atoms with Crippen molar-refractivity contribution in [3.63, 3.8) is 0 Å². The van der Waals surface area contributed by atoms with Gasteiger partial charge in [-0.3, -0.25) is 10.1 Å². The largest absolute Gasteiger partial charge is 0.366 e. The van der Waals surface area contributed by atoms with Crippen LogP contribution in [-0.2, 0) is 0 Å². The van der Waals surface area contributed by atoms with Gasteiger partial charge >= 0.3 is 6.03 Å². The lowest BCUT2D eigenvalue weighted by atomic mass is 10.1. The van der Waals surface area contributed by atoms with Gasteiger partial charge in [0.15, 0.2) is 0 Å². The van der Waals surface area contributed by atoms with E-state index in [2.05, 4.69) is 10.6 Å². The third-order valence-corrected chi connectivity index (χ3v) is 3.67. The predicted octanol–water partition coefficient (Wildman–Crippen LogP) is 2.40. The number of carbonyl (C=O) groups is 2. The van der Waals surface area contributed by atoms with Crippen molar-refractivity contribution < 1.29 is 14.0 Å². The molecule has 2 rings (SSSR count). The van der Waals surface area contributed by atoms with Gasteiger partial charge in [-0.25, -0.2) is 9.18 Å². The average molecular weight is 293 g/mol. The molecule has 5 nitrogen and oxygen atoms in total. The van der Waals surface area contributed by atoms with Gasteiger partial charge in [0.25, 0.3) is 5.91 Å². The molecule has 0 spiro atoms. The van der Waals surface area contributed by atoms with Crippen LogP contribution in [0.4, 0.5) is 14.2 Å². The molecule has 4 N–H and O–H groups in total. The molecule has 0 unspecified atom stereocenters. The van der Waals surface area contributed by atoms with Crippen molar-refractivity contribution >= 4 is 28.3 Å². The lowest BCUT2D eigenvalue weighted by molar-refractivity contribution is 0.100. The zero-order valence-electron chi connectivity index (χ0n) is 10.6. The molecule has 0 aliphatic carbocycles. The topological polar surface area (TPSA) is 84.2 Å². The highest BCUT2D eigenvalue weighted by Crippen LogP contribution is 2.36. The highest BCUT2D eigenvalue weighted by atomic mass is 32.1. The zero-order valence-corrected chi connectivity index (χ0v) is 11.4. The van der Waals surface area contributed by atoms with E-state index in [1.165, 1.54) is 19.2 Å². The minimum atomic E-state index is -0.685. The maximum Gasteiger partial charge on any atom is 0.319 e. The molecule has 7 heteroatoms. The molecule has 2 aromatic rings. The van der Waals surface area contributed by atoms with Crippen molar-refractivity contribution in [1.82, 2.24) is 5.32 Å². The standard InChI is InChI=1S/C13H12FN3O2S/c1-16-13(19)17-12-8(11(15)18)6-10(20-12)7-4-2-3-5-9(7)14/h2-6H,1H3,(H2,15,18)(H2,16,17,19). The van der Waals surface area contributed by atoms with Gasteiger partial charge in [0, 0.05) is 17.5 Å². The van der Waals surface area contributed by atoms with Crippen molar-refractivity contribution in [2.24, 2.45) is 5.73 Å². The molecular formula is C13H12FN3O2S. The van der Waals surface area contributed by atoms with Gasteiger partial charge in [-0.1, -0.05) is 18.2 Å². The summed E-state index contributed by atoms with van der Waals surface area (Å²) < 4.78 is 13.7. The molecule has 20 heavy (non-hydrogen) atoms. The molecule has 0 bridgehead atoms. The minimum absolute atomic E-state index is 0.150. The molecule has 104 valence electrons. The molecular weight excluding hydrogens is 281 g/mol. The Hall–Kier alpha value is -2.41. The van der Waals surface area contributed by atoms with Crippen LogP contribution >= 0.6 is 11.3 Å². The van der Waals surface area contributed by atoms with Crippen LogP contribution in [0.2, 0.25) is 0 Å². The van der Waals surface area contributed by atoms with Crippen molar-refractivity contribution in [3.05, 3.63) is 41.7 Å². The first-order valence-corrected chi connectivity index (χ1v) is 6.52. The van der Waals surface area contributed by atoms with Crippen LogP contribution in [-0.4, -0.2) is 19.0 Å². The quantitative estimate of drug-likeness (QED) is 0.812. The lowest BCUT2D eigenvalue weighted by Gasteiger charge is -2.02. The monoisotopic (exact) mass is 293 g/mol. The Bertz CT molecular complexity index is 669. The second-order valence-electron chi connectivity index (χ2n) is 3.90. The molecule has 3 amide bonds. The first kappa shape index (κ1) is 14.0. The Morgan fingerprint density at radius 1 is 1.30 bits per heavy atom. The third kappa shape index (κ3) is 2.77. The number of urea groups is 1. The second kappa shape index (κ2) is 5.70. The summed E-state index contributed by atoms with van der Waals surface area (Å²) in [6.45, 7) is 0. The molecule has 1 aromatic carbocycles. The number of benzene rings is 1. The fourth-order valence-corrected chi connectivity index (χ4v) is 2.71. The fourth-order valence-electron chi connectivity index (χ4n) is 1.63. The average Bonchev–Trinajstić information content (AvgIpc) is 2.83. The first-order valence-electron chi connectivity index (χ1n) is 5.70. The second-order valence-corrected chi connectivity index (χ2v) is 4.95. The van der Waals surface area contributed by atoms with Gasteiger partial charge in [-0.15, -0.1) is 11.3 Å². The van der Waals surface area contributed by atoms with Gasteiger partial charge < -0.3 is 11.1 Å². The van der Waals surface area contributed by atoms with Gasteiger partial charge in [0.1, 0.15) is 10.8 Å². The molecule has 0 fully saturated rings. The summed E-state index contributed by atoms with van der Waals surface area (Å²) in [6, 6.07) is 7.17. The summed E-state index contributed by atoms with van der Waals surface area (Å²) in [5.41, 5.74) is 5.77. The van der Waals surface area contributed by atoms with Crippen LogP contribution in [0.25, 0.3) is 10.4 Å². The number of carbonyl (C=O) groups excluding carboxylic acids is 2. The third-order valence-electron chi connectivity index (χ3n) is 2.59. The van der Waals surface area contributed by atoms with Crippen LogP contribution in [0, 0.1) is 5.82 Å². The van der Waals surface area contributed by atoms with Crippen molar-refractivity contribution in [2.45, 2.75) is 0 Å². The number of nitrogens with one attached hydrogen (secondary N) is 2. The molecule has 0 atom stereocenters. The number of anilines is 1. The number of hydrogen-bond donors (Lipinski definition) is 3. The van der Waals surface area contributed by atoms with E-state index < -0.39 is 17.8 Å². The minimum Gasteiger partial charge on any atom is -0.366 e. The summed E-state index contributed by atoms with van der Waals surface area (Å²) in [4.78, 5) is 23.2. The number of thiophene rings is 1. The van der Waals surface area contributed by atoms with E-state index in [1.54, 1.807) is 18.2 Å². The van der Waals surface area contributed by atoms with Crippen LogP contribution in [0.3, 0.4) is 0 Å². The molecule has 0 aliphatic heterocycles. The molecule has 1 aromatic heterocycles. The first-order chi connectivity index (χ1) is 9.52. The summed E-state index contributed by atoms with van der Waals surface area (Å²) >= 11 is 1.09. The molecule has 0 aliphatic rings. The Balaban J connectivity index is 2.47. The van der Waals surface area contributed by atoms with Crippen LogP contribution in [0.15, 0.2) is 30.3 Å². The maximum absolute atomic E-state index is 13.7. The van der Waals surface area contributed by atoms with Gasteiger partial charge in [0.2, 0.25) is 0 Å². The summed E-state index contributed by atoms with van der Waals surface area (Å²) in [5, 5.41) is 5.15. The summed E-state index contributed by atoms with van der Waals surface area (Å²) in [6.07, 6.45) is 0. The van der Waals surface area contributed by atoms with Gasteiger partial charge in [-0.05, 0) is 12.1 Å². The van der Waals surface area contributed by atoms with E-state index in [4.69, 9.17) is 5.73 Å². The van der Waals surface area contributed by atoms with E-state index in [9.17, 15) is 14.0 Å². The van der Waals surface area contributed by atoms with Crippen LogP contribution in [0.1, 0.15) is 10.4 Å². The van der Waals surface area contributed by atoms with E-state index in [0.29, 0.717) is 10.4 Å². The Kier molecular flexibility index (Phi) is 3.99. The highest BCUT2D eigenvalue weighted by molar-refractivity contribution is 7.20. The molecule has 0 saturated carbocycles. The number of halogens is 1. The van der Waals surface area contributed by atoms with Crippen molar-refractivity contribution in [3.8, 4) is 10.4 Å². The Morgan fingerprint density at radius 2 is 2.00 bits per heavy atom. The zero-order chi connectivity index (χ0) is 14.7. The Labute approximate surface area is 118 Å². The van der Waals surface area contributed by atoms with Crippen molar-refractivity contribution in [2.75, 3.05) is 12.4 Å². The van der Waals surface area contributed by atoms with Crippen molar-refractivity contribution in [1.29, 1.82) is 0 Å². The summed E-state index contributed by atoms with van der Waals surface area (Å²) in [7, 11) is 1.45. The van der Waals surface area contributed by atoms with E-state index >= 15 is 0 Å². The number of rotatable bonds is 3. The molecule has 0 radical (unpaired) electrons. The summed E-state index contributed by atoms with van der Waals surface area (Å²) in [5.74, 6) is -1.09. The van der Waals surface area contributed by atoms with E-state index in [-0.39, 0.29) is 10.6 Å². The lowest BCUT2D eigenvalue weighted by Crippen LogP contribution is -2.25. The van der Waals surface area contributed by atoms with E-state index in [0.717, 1.165) is 11.3 Å². The number of amides is 3. The van der Waals surface area contributed by atoms with Crippen LogP contribution in [0.5, 0.6) is 0 Å². The number of nitrogens with two attached hydrogens (primary N) is 1. The Morgan fingerprint density at radius 3 is 2.60 bits per heavy atom. The highest BCUT2D eigenvalue weighted by Gasteiger charge is 2.17. The van der Waals surface area contributed by atoms with E-state index in [1.807, 2.05) is 0 Å². The molecule has 1 heterocycles. The van der Waals surface area contributed by atoms with Gasteiger partial charge in [0.05, 0.1) is 5.56 Å². The smallest absolute Gasteiger partial charge is 0.319 e. The van der Waals surface area contributed by atoms with Gasteiger partial charge in [-0.2, -0.15) is 0 Å². The maximum atomic E-state index is 13.7. The number of hydrogen-bond acceptors (Lipinski definition) is 3. The normalized spacial score (nSPS) is 10.1. The molecule has 0 saturated heterocycles. The SMILES string of the molecule is CNC(=O)Nc1sc(-c2ccccc2F)cc1C(N)=O. The van der Waals surface area contributed by atoms with Crippen LogP contribution < -0.4 is 16.4 Å². The number of primary amides is 1. The fraction of sp³-hybridized carbons (Fsp3) is 0.0769. The predicted molar refractivity (Wildman–Crippen MR) is 76.3 cm³/mol.